The van der Waals surface area contributed by atoms with Crippen LogP contribution in [0.3, 0.4) is 0 Å². The third-order valence-corrected chi connectivity index (χ3v) is 7.66. The summed E-state index contributed by atoms with van der Waals surface area (Å²) in [6, 6.07) is 8.56. The van der Waals surface area contributed by atoms with Crippen molar-refractivity contribution in [2.24, 2.45) is 0 Å². The molecule has 178 valence electrons. The number of carbonyl (C=O) groups is 2. The van der Waals surface area contributed by atoms with E-state index in [2.05, 4.69) is 0 Å². The Kier molecular flexibility index (Phi) is 7.99. The number of carbonyl (C=O) groups excluding carboxylic acids is 2. The summed E-state index contributed by atoms with van der Waals surface area (Å²) in [5, 5.41) is 0.0271. The molecule has 1 fully saturated rings. The Morgan fingerprint density at radius 3 is 2.30 bits per heavy atom. The van der Waals surface area contributed by atoms with Gasteiger partial charge in [0.15, 0.2) is 6.10 Å². The lowest BCUT2D eigenvalue weighted by molar-refractivity contribution is 0.0317. The largest absolute Gasteiger partial charge is 0.497 e. The van der Waals surface area contributed by atoms with E-state index >= 15 is 0 Å². The van der Waals surface area contributed by atoms with E-state index in [0.29, 0.717) is 18.8 Å². The highest BCUT2D eigenvalue weighted by molar-refractivity contribution is 7.89. The quantitative estimate of drug-likeness (QED) is 0.403. The molecule has 1 aliphatic heterocycles. The van der Waals surface area contributed by atoms with Crippen LogP contribution in [0.2, 0.25) is 5.02 Å². The monoisotopic (exact) mass is 495 g/mol. The van der Waals surface area contributed by atoms with E-state index in [1.54, 1.807) is 12.1 Å². The van der Waals surface area contributed by atoms with E-state index in [1.165, 1.54) is 49.7 Å². The summed E-state index contributed by atoms with van der Waals surface area (Å²) in [6.45, 7) is 2.28. The molecule has 0 spiro atoms. The number of nitrogens with zero attached hydrogens (tertiary/aromatic N) is 1. The van der Waals surface area contributed by atoms with Crippen LogP contribution in [0.1, 0.15) is 46.9 Å². The fourth-order valence-electron chi connectivity index (χ4n) is 3.57. The molecule has 1 atom stereocenters. The van der Waals surface area contributed by atoms with Gasteiger partial charge in [-0.1, -0.05) is 18.0 Å². The average Bonchev–Trinajstić information content (AvgIpc) is 2.83. The number of methoxy groups -OCH3 is 2. The van der Waals surface area contributed by atoms with Gasteiger partial charge in [-0.25, -0.2) is 13.2 Å². The number of ketones is 1. The molecule has 0 aromatic heterocycles. The van der Waals surface area contributed by atoms with Crippen molar-refractivity contribution in [3.05, 3.63) is 52.5 Å². The van der Waals surface area contributed by atoms with Crippen molar-refractivity contribution in [1.82, 2.24) is 4.31 Å². The standard InChI is InChI=1S/C23H26ClNO7S/c1-15(22(26)18-9-7-16(30-2)13-21(18)31-3)32-23(27)19-14-17(8-10-20(19)24)33(28,29)25-11-5-4-6-12-25/h7-10,13-15H,4-6,11-12H2,1-3H3/t15-/m1/s1. The van der Waals surface area contributed by atoms with Gasteiger partial charge in [0.1, 0.15) is 11.5 Å². The van der Waals surface area contributed by atoms with Crippen LogP contribution < -0.4 is 9.47 Å². The second-order valence-corrected chi connectivity index (χ2v) is 9.93. The molecule has 10 heteroatoms. The summed E-state index contributed by atoms with van der Waals surface area (Å²) >= 11 is 6.16. The molecule has 2 aromatic rings. The summed E-state index contributed by atoms with van der Waals surface area (Å²) in [5.74, 6) is -0.610. The summed E-state index contributed by atoms with van der Waals surface area (Å²) in [4.78, 5) is 25.6. The fourth-order valence-corrected chi connectivity index (χ4v) is 5.31. The Morgan fingerprint density at radius 1 is 0.970 bits per heavy atom. The summed E-state index contributed by atoms with van der Waals surface area (Å²) < 4.78 is 43.0. The molecule has 8 nitrogen and oxygen atoms in total. The molecular formula is C23H26ClNO7S. The minimum atomic E-state index is -3.77. The predicted molar refractivity (Wildman–Crippen MR) is 123 cm³/mol. The highest BCUT2D eigenvalue weighted by atomic mass is 35.5. The summed E-state index contributed by atoms with van der Waals surface area (Å²) in [6.07, 6.45) is 1.39. The highest BCUT2D eigenvalue weighted by Gasteiger charge is 2.29. The molecule has 33 heavy (non-hydrogen) atoms. The minimum absolute atomic E-state index is 0.0271. The maximum atomic E-state index is 13.0. The first-order valence-electron chi connectivity index (χ1n) is 10.5. The van der Waals surface area contributed by atoms with Crippen molar-refractivity contribution in [3.63, 3.8) is 0 Å². The maximum absolute atomic E-state index is 13.0. The molecule has 2 aromatic carbocycles. The third-order valence-electron chi connectivity index (χ3n) is 5.44. The Hall–Kier alpha value is -2.62. The summed E-state index contributed by atoms with van der Waals surface area (Å²) in [7, 11) is -0.864. The first-order chi connectivity index (χ1) is 15.7. The Balaban J connectivity index is 1.81. The molecule has 3 rings (SSSR count). The minimum Gasteiger partial charge on any atom is -0.497 e. The van der Waals surface area contributed by atoms with Gasteiger partial charge in [0.2, 0.25) is 15.8 Å². The van der Waals surface area contributed by atoms with Gasteiger partial charge in [-0.15, -0.1) is 0 Å². The molecule has 0 N–H and O–H groups in total. The van der Waals surface area contributed by atoms with E-state index < -0.39 is 27.9 Å². The number of hydrogen-bond donors (Lipinski definition) is 0. The topological polar surface area (TPSA) is 99.2 Å². The zero-order valence-corrected chi connectivity index (χ0v) is 20.2. The van der Waals surface area contributed by atoms with E-state index in [-0.39, 0.29) is 26.8 Å². The van der Waals surface area contributed by atoms with Crippen LogP contribution in [0.5, 0.6) is 11.5 Å². The van der Waals surface area contributed by atoms with Crippen LogP contribution in [0.15, 0.2) is 41.3 Å². The van der Waals surface area contributed by atoms with Gasteiger partial charge in [0.25, 0.3) is 0 Å². The third kappa shape index (κ3) is 5.48. The predicted octanol–water partition coefficient (Wildman–Crippen LogP) is 3.96. The van der Waals surface area contributed by atoms with Gasteiger partial charge in [0, 0.05) is 19.2 Å². The summed E-state index contributed by atoms with van der Waals surface area (Å²) in [5.41, 5.74) is 0.0854. The van der Waals surface area contributed by atoms with Crippen LogP contribution in [-0.4, -0.2) is 57.9 Å². The molecule has 0 aliphatic carbocycles. The zero-order chi connectivity index (χ0) is 24.2. The van der Waals surface area contributed by atoms with Crippen molar-refractivity contribution in [1.29, 1.82) is 0 Å². The highest BCUT2D eigenvalue weighted by Crippen LogP contribution is 2.28. The first kappa shape index (κ1) is 25.0. The van der Waals surface area contributed by atoms with Crippen molar-refractivity contribution < 1.29 is 32.2 Å². The average molecular weight is 496 g/mol. The fraction of sp³-hybridized carbons (Fsp3) is 0.391. The second-order valence-electron chi connectivity index (χ2n) is 7.58. The number of benzene rings is 2. The van der Waals surface area contributed by atoms with Crippen molar-refractivity contribution in [3.8, 4) is 11.5 Å². The van der Waals surface area contributed by atoms with Crippen LogP contribution in [0.4, 0.5) is 0 Å². The number of rotatable bonds is 8. The van der Waals surface area contributed by atoms with E-state index in [0.717, 1.165) is 19.3 Å². The molecule has 0 unspecified atom stereocenters. The van der Waals surface area contributed by atoms with E-state index in [4.69, 9.17) is 25.8 Å². The first-order valence-corrected chi connectivity index (χ1v) is 12.3. The smallest absolute Gasteiger partial charge is 0.340 e. The zero-order valence-electron chi connectivity index (χ0n) is 18.7. The number of Topliss-reactive ketones (excluding diaryl/α,β-unsaturated/α-hetero) is 1. The number of hydrogen-bond acceptors (Lipinski definition) is 7. The molecular weight excluding hydrogens is 470 g/mol. The molecule has 0 bridgehead atoms. The number of sulfonamides is 1. The number of ether oxygens (including phenoxy) is 3. The SMILES string of the molecule is COc1ccc(C(=O)[C@@H](C)OC(=O)c2cc(S(=O)(=O)N3CCCCC3)ccc2Cl)c(OC)c1. The Labute approximate surface area is 198 Å². The van der Waals surface area contributed by atoms with Crippen LogP contribution >= 0.6 is 11.6 Å². The lowest BCUT2D eigenvalue weighted by atomic mass is 10.1. The van der Waals surface area contributed by atoms with Gasteiger partial charge in [0.05, 0.1) is 35.3 Å². The maximum Gasteiger partial charge on any atom is 0.340 e. The van der Waals surface area contributed by atoms with Crippen LogP contribution in [0.25, 0.3) is 0 Å². The van der Waals surface area contributed by atoms with Gasteiger partial charge in [-0.3, -0.25) is 4.79 Å². The molecule has 0 radical (unpaired) electrons. The van der Waals surface area contributed by atoms with E-state index in [9.17, 15) is 18.0 Å². The van der Waals surface area contributed by atoms with Crippen LogP contribution in [-0.2, 0) is 14.8 Å². The molecule has 1 saturated heterocycles. The Morgan fingerprint density at radius 2 is 1.67 bits per heavy atom. The molecule has 1 heterocycles. The molecule has 0 amide bonds. The number of piperidine rings is 1. The van der Waals surface area contributed by atoms with E-state index in [1.807, 2.05) is 0 Å². The van der Waals surface area contributed by atoms with Gasteiger partial charge >= 0.3 is 5.97 Å². The van der Waals surface area contributed by atoms with Gasteiger partial charge in [-0.2, -0.15) is 4.31 Å². The van der Waals surface area contributed by atoms with Crippen molar-refractivity contribution in [2.75, 3.05) is 27.3 Å². The van der Waals surface area contributed by atoms with Crippen LogP contribution in [0, 0.1) is 0 Å². The van der Waals surface area contributed by atoms with Gasteiger partial charge < -0.3 is 14.2 Å². The van der Waals surface area contributed by atoms with Crippen molar-refractivity contribution >= 4 is 33.4 Å². The van der Waals surface area contributed by atoms with Crippen molar-refractivity contribution in [2.45, 2.75) is 37.2 Å². The van der Waals surface area contributed by atoms with Gasteiger partial charge in [-0.05, 0) is 50.1 Å². The molecule has 1 aliphatic rings. The number of esters is 1. The lowest BCUT2D eigenvalue weighted by Crippen LogP contribution is -2.35. The normalized spacial score (nSPS) is 15.5. The Bertz CT molecular complexity index is 1140. The second kappa shape index (κ2) is 10.5. The number of halogens is 1. The lowest BCUT2D eigenvalue weighted by Gasteiger charge is -2.26. The molecule has 0 saturated carbocycles.